The van der Waals surface area contributed by atoms with E-state index in [1.54, 1.807) is 36.0 Å². The first kappa shape index (κ1) is 22.1. The number of aliphatic carboxylic acids is 1. The van der Waals surface area contributed by atoms with Crippen molar-refractivity contribution in [2.45, 2.75) is 12.8 Å². The summed E-state index contributed by atoms with van der Waals surface area (Å²) in [5.41, 5.74) is 0. The van der Waals surface area contributed by atoms with Crippen molar-refractivity contribution in [3.8, 4) is 5.75 Å². The number of likely N-dealkylation sites (N-methyl/N-ethyl adjacent to an activating group) is 2. The predicted octanol–water partition coefficient (Wildman–Crippen LogP) is 1.88. The molecule has 6 nitrogen and oxygen atoms in total. The van der Waals surface area contributed by atoms with Crippen LogP contribution in [0.15, 0.2) is 24.3 Å². The number of nitrogens with zero attached hydrogens (tertiary/aromatic N) is 2. The van der Waals surface area contributed by atoms with Gasteiger partial charge in [0.15, 0.2) is 0 Å². The predicted molar refractivity (Wildman–Crippen MR) is 91.1 cm³/mol. The summed E-state index contributed by atoms with van der Waals surface area (Å²) in [6, 6.07) is 5.78. The third-order valence-electron chi connectivity index (χ3n) is 3.26. The van der Waals surface area contributed by atoms with Crippen LogP contribution in [0.4, 0.5) is 4.39 Å². The van der Waals surface area contributed by atoms with Gasteiger partial charge in [-0.25, -0.2) is 4.39 Å². The van der Waals surface area contributed by atoms with Gasteiger partial charge in [-0.1, -0.05) is 0 Å². The van der Waals surface area contributed by atoms with Gasteiger partial charge in [-0.3, -0.25) is 14.5 Å². The average Bonchev–Trinajstić information content (AvgIpc) is 2.51. The highest BCUT2D eigenvalue weighted by Gasteiger charge is 2.12. The quantitative estimate of drug-likeness (QED) is 0.643. The molecule has 0 aliphatic heterocycles. The van der Waals surface area contributed by atoms with E-state index in [1.165, 1.54) is 12.1 Å². The zero-order chi connectivity index (χ0) is 17.2. The van der Waals surface area contributed by atoms with Gasteiger partial charge in [-0.05, 0) is 37.7 Å². The van der Waals surface area contributed by atoms with Crippen LogP contribution in [0.2, 0.25) is 0 Å². The van der Waals surface area contributed by atoms with Crippen molar-refractivity contribution in [2.75, 3.05) is 40.3 Å². The third kappa shape index (κ3) is 9.32. The Bertz CT molecular complexity index is 513. The summed E-state index contributed by atoms with van der Waals surface area (Å²) in [4.78, 5) is 25.7. The first-order chi connectivity index (χ1) is 10.9. The topological polar surface area (TPSA) is 70.1 Å². The molecule has 0 saturated carbocycles. The molecule has 0 aromatic heterocycles. The van der Waals surface area contributed by atoms with Crippen molar-refractivity contribution >= 4 is 24.3 Å². The number of carbonyl (C=O) groups excluding carboxylic acids is 1. The van der Waals surface area contributed by atoms with Crippen molar-refractivity contribution < 1.29 is 23.8 Å². The second-order valence-corrected chi connectivity index (χ2v) is 5.35. The number of carboxylic acids is 1. The fourth-order valence-corrected chi connectivity index (χ4v) is 1.86. The highest BCUT2D eigenvalue weighted by atomic mass is 35.5. The van der Waals surface area contributed by atoms with Gasteiger partial charge in [0, 0.05) is 20.1 Å². The number of amides is 1. The average molecular weight is 363 g/mol. The van der Waals surface area contributed by atoms with Crippen LogP contribution in [0, 0.1) is 5.82 Å². The summed E-state index contributed by atoms with van der Waals surface area (Å²) >= 11 is 0. The largest absolute Gasteiger partial charge is 0.494 e. The summed E-state index contributed by atoms with van der Waals surface area (Å²) in [6.45, 7) is 1.48. The van der Waals surface area contributed by atoms with E-state index in [9.17, 15) is 14.0 Å². The van der Waals surface area contributed by atoms with Gasteiger partial charge in [0.05, 0.1) is 19.6 Å². The molecule has 0 fully saturated rings. The van der Waals surface area contributed by atoms with Gasteiger partial charge >= 0.3 is 5.97 Å². The summed E-state index contributed by atoms with van der Waals surface area (Å²) in [5.74, 6) is -0.668. The van der Waals surface area contributed by atoms with Crippen molar-refractivity contribution in [3.05, 3.63) is 30.1 Å². The summed E-state index contributed by atoms with van der Waals surface area (Å²) in [7, 11) is 3.41. The Balaban J connectivity index is 0.00000529. The molecule has 0 heterocycles. The van der Waals surface area contributed by atoms with Crippen LogP contribution in [-0.2, 0) is 9.59 Å². The second kappa shape index (κ2) is 11.6. The number of carboxylic acid groups (broad SMARTS) is 1. The molecule has 1 aromatic rings. The maximum absolute atomic E-state index is 12.7. The van der Waals surface area contributed by atoms with Crippen molar-refractivity contribution in [3.63, 3.8) is 0 Å². The molecule has 0 aliphatic rings. The molecular formula is C16H24ClFN2O4. The molecule has 0 bridgehead atoms. The van der Waals surface area contributed by atoms with Crippen LogP contribution in [0.5, 0.6) is 5.75 Å². The molecule has 0 atom stereocenters. The molecular weight excluding hydrogens is 339 g/mol. The summed E-state index contributed by atoms with van der Waals surface area (Å²) in [5, 5.41) is 8.60. The SMILES string of the molecule is CN(CCC(=O)O)CC(=O)N(C)CCCOc1ccc(F)cc1.Cl. The molecule has 1 N–H and O–H groups in total. The Morgan fingerprint density at radius 3 is 2.38 bits per heavy atom. The number of ether oxygens (including phenoxy) is 1. The van der Waals surface area contributed by atoms with E-state index >= 15 is 0 Å². The normalized spacial score (nSPS) is 10.2. The Labute approximate surface area is 147 Å². The van der Waals surface area contributed by atoms with Crippen molar-refractivity contribution in [1.82, 2.24) is 9.80 Å². The molecule has 0 spiro atoms. The van der Waals surface area contributed by atoms with Gasteiger partial charge < -0.3 is 14.7 Å². The lowest BCUT2D eigenvalue weighted by Crippen LogP contribution is -2.38. The van der Waals surface area contributed by atoms with Crippen LogP contribution in [-0.4, -0.2) is 67.1 Å². The number of rotatable bonds is 10. The molecule has 24 heavy (non-hydrogen) atoms. The fourth-order valence-electron chi connectivity index (χ4n) is 1.86. The van der Waals surface area contributed by atoms with Gasteiger partial charge in [0.1, 0.15) is 11.6 Å². The lowest BCUT2D eigenvalue weighted by Gasteiger charge is -2.21. The maximum atomic E-state index is 12.7. The van der Waals surface area contributed by atoms with Gasteiger partial charge in [0.25, 0.3) is 0 Å². The lowest BCUT2D eigenvalue weighted by atomic mass is 10.3. The van der Waals surface area contributed by atoms with Crippen LogP contribution in [0.3, 0.4) is 0 Å². The fraction of sp³-hybridized carbons (Fsp3) is 0.500. The Kier molecular flexibility index (Phi) is 10.7. The minimum absolute atomic E-state index is 0. The van der Waals surface area contributed by atoms with Crippen LogP contribution in [0.1, 0.15) is 12.8 Å². The van der Waals surface area contributed by atoms with E-state index < -0.39 is 5.97 Å². The highest BCUT2D eigenvalue weighted by molar-refractivity contribution is 5.85. The van der Waals surface area contributed by atoms with E-state index in [0.717, 1.165) is 0 Å². The summed E-state index contributed by atoms with van der Waals surface area (Å²) in [6.07, 6.45) is 0.664. The van der Waals surface area contributed by atoms with E-state index in [0.29, 0.717) is 31.9 Å². The van der Waals surface area contributed by atoms with Crippen molar-refractivity contribution in [2.24, 2.45) is 0 Å². The van der Waals surface area contributed by atoms with Crippen molar-refractivity contribution in [1.29, 1.82) is 0 Å². The zero-order valence-corrected chi connectivity index (χ0v) is 14.7. The standard InChI is InChI=1S/C16H23FN2O4.ClH/c1-18(10-8-16(21)22)12-15(20)19(2)9-3-11-23-14-6-4-13(17)5-7-14;/h4-7H,3,8-12H2,1-2H3,(H,21,22);1H. The smallest absolute Gasteiger partial charge is 0.304 e. The molecule has 0 aliphatic carbocycles. The minimum atomic E-state index is -0.879. The van der Waals surface area contributed by atoms with Crippen LogP contribution >= 0.6 is 12.4 Å². The van der Waals surface area contributed by atoms with Gasteiger partial charge in [0.2, 0.25) is 5.91 Å². The lowest BCUT2D eigenvalue weighted by molar-refractivity contribution is -0.138. The molecule has 136 valence electrons. The first-order valence-corrected chi connectivity index (χ1v) is 7.41. The molecule has 0 radical (unpaired) electrons. The van der Waals surface area contributed by atoms with Crippen LogP contribution in [0.25, 0.3) is 0 Å². The zero-order valence-electron chi connectivity index (χ0n) is 13.9. The number of hydrogen-bond acceptors (Lipinski definition) is 4. The number of halogens is 2. The van der Waals surface area contributed by atoms with E-state index in [1.807, 2.05) is 0 Å². The number of hydrogen-bond donors (Lipinski definition) is 1. The Morgan fingerprint density at radius 2 is 1.79 bits per heavy atom. The molecule has 1 aromatic carbocycles. The Hall–Kier alpha value is -1.86. The monoisotopic (exact) mass is 362 g/mol. The number of benzene rings is 1. The molecule has 0 unspecified atom stereocenters. The molecule has 1 rings (SSSR count). The van der Waals surface area contributed by atoms with Gasteiger partial charge in [-0.15, -0.1) is 12.4 Å². The second-order valence-electron chi connectivity index (χ2n) is 5.35. The maximum Gasteiger partial charge on any atom is 0.304 e. The first-order valence-electron chi connectivity index (χ1n) is 7.41. The van der Waals surface area contributed by atoms with Gasteiger partial charge in [-0.2, -0.15) is 0 Å². The molecule has 8 heteroatoms. The minimum Gasteiger partial charge on any atom is -0.494 e. The van der Waals surface area contributed by atoms with Crippen LogP contribution < -0.4 is 4.74 Å². The Morgan fingerprint density at radius 1 is 1.17 bits per heavy atom. The third-order valence-corrected chi connectivity index (χ3v) is 3.26. The summed E-state index contributed by atoms with van der Waals surface area (Å²) < 4.78 is 18.2. The molecule has 1 amide bonds. The molecule has 0 saturated heterocycles. The number of carbonyl (C=O) groups is 2. The van der Waals surface area contributed by atoms with E-state index in [4.69, 9.17) is 9.84 Å². The highest BCUT2D eigenvalue weighted by Crippen LogP contribution is 2.11. The van der Waals surface area contributed by atoms with E-state index in [2.05, 4.69) is 0 Å². The van der Waals surface area contributed by atoms with E-state index in [-0.39, 0.29) is 37.1 Å².